The Kier molecular flexibility index (Phi) is 4.96. The first kappa shape index (κ1) is 14.3. The van der Waals surface area contributed by atoms with E-state index in [0.29, 0.717) is 12.4 Å². The van der Waals surface area contributed by atoms with E-state index < -0.39 is 0 Å². The fourth-order valence-electron chi connectivity index (χ4n) is 2.18. The van der Waals surface area contributed by atoms with Gasteiger partial charge in [-0.15, -0.1) is 0 Å². The Balaban J connectivity index is 2.05. The Labute approximate surface area is 119 Å². The summed E-state index contributed by atoms with van der Waals surface area (Å²) >= 11 is 0. The number of aromatic nitrogens is 1. The summed E-state index contributed by atoms with van der Waals surface area (Å²) in [4.78, 5) is 4.19. The van der Waals surface area contributed by atoms with E-state index in [4.69, 9.17) is 4.74 Å². The summed E-state index contributed by atoms with van der Waals surface area (Å²) in [6.07, 6.45) is 2.69. The van der Waals surface area contributed by atoms with Gasteiger partial charge in [0.1, 0.15) is 5.75 Å². The molecule has 20 heavy (non-hydrogen) atoms. The second kappa shape index (κ2) is 6.91. The van der Waals surface area contributed by atoms with E-state index in [9.17, 15) is 5.11 Å². The molecule has 106 valence electrons. The Morgan fingerprint density at radius 2 is 2.00 bits per heavy atom. The molecule has 0 bridgehead atoms. The maximum Gasteiger partial charge on any atom is 0.217 e. The molecule has 1 heterocycles. The lowest BCUT2D eigenvalue weighted by Crippen LogP contribution is -2.20. The number of phenolic OH excluding ortho intramolecular Hbond substituents is 1. The van der Waals surface area contributed by atoms with E-state index in [-0.39, 0.29) is 11.8 Å². The molecule has 0 amide bonds. The van der Waals surface area contributed by atoms with Crippen molar-refractivity contribution in [3.05, 3.63) is 53.7 Å². The quantitative estimate of drug-likeness (QED) is 0.848. The van der Waals surface area contributed by atoms with Gasteiger partial charge < -0.3 is 15.2 Å². The van der Waals surface area contributed by atoms with Gasteiger partial charge in [-0.2, -0.15) is 0 Å². The summed E-state index contributed by atoms with van der Waals surface area (Å²) < 4.78 is 5.25. The molecule has 1 atom stereocenters. The number of nitrogens with zero attached hydrogens (tertiary/aromatic N) is 1. The standard InChI is InChI=1S/C16H20N2O2/c1-3-15(12-6-8-14(19)9-7-12)18-11-13-5-4-10-17-16(13)20-2/h4-10,15,18-19H,3,11H2,1-2H3. The summed E-state index contributed by atoms with van der Waals surface area (Å²) in [5.74, 6) is 0.943. The van der Waals surface area contributed by atoms with Crippen molar-refractivity contribution in [2.75, 3.05) is 7.11 Å². The number of hydrogen-bond acceptors (Lipinski definition) is 4. The van der Waals surface area contributed by atoms with Gasteiger partial charge in [0, 0.05) is 24.3 Å². The fourth-order valence-corrected chi connectivity index (χ4v) is 2.18. The average Bonchev–Trinajstić information content (AvgIpc) is 2.50. The van der Waals surface area contributed by atoms with E-state index in [1.165, 1.54) is 0 Å². The number of ether oxygens (including phenoxy) is 1. The molecule has 0 spiro atoms. The zero-order valence-corrected chi connectivity index (χ0v) is 11.8. The highest BCUT2D eigenvalue weighted by atomic mass is 16.5. The molecule has 2 aromatic rings. The highest BCUT2D eigenvalue weighted by Gasteiger charge is 2.10. The maximum atomic E-state index is 9.34. The Hall–Kier alpha value is -2.07. The van der Waals surface area contributed by atoms with Gasteiger partial charge in [0.05, 0.1) is 7.11 Å². The molecule has 0 aliphatic carbocycles. The number of hydrogen-bond donors (Lipinski definition) is 2. The molecule has 2 rings (SSSR count). The van der Waals surface area contributed by atoms with Crippen LogP contribution in [0, 0.1) is 0 Å². The molecular weight excluding hydrogens is 252 g/mol. The van der Waals surface area contributed by atoms with Crippen LogP contribution in [0.5, 0.6) is 11.6 Å². The largest absolute Gasteiger partial charge is 0.508 e. The molecule has 4 heteroatoms. The highest BCUT2D eigenvalue weighted by molar-refractivity contribution is 5.29. The topological polar surface area (TPSA) is 54.4 Å². The predicted octanol–water partition coefficient (Wildman–Crippen LogP) is 3.04. The van der Waals surface area contributed by atoms with Crippen LogP contribution < -0.4 is 10.1 Å². The van der Waals surface area contributed by atoms with E-state index >= 15 is 0 Å². The lowest BCUT2D eigenvalue weighted by molar-refractivity contribution is 0.388. The number of aromatic hydroxyl groups is 1. The van der Waals surface area contributed by atoms with Crippen molar-refractivity contribution in [1.82, 2.24) is 10.3 Å². The Morgan fingerprint density at radius 1 is 1.25 bits per heavy atom. The lowest BCUT2D eigenvalue weighted by Gasteiger charge is -2.18. The number of nitrogens with one attached hydrogen (secondary N) is 1. The molecule has 4 nitrogen and oxygen atoms in total. The number of rotatable bonds is 6. The molecule has 0 aliphatic rings. The van der Waals surface area contributed by atoms with Crippen molar-refractivity contribution in [2.24, 2.45) is 0 Å². The number of benzene rings is 1. The Morgan fingerprint density at radius 3 is 2.65 bits per heavy atom. The van der Waals surface area contributed by atoms with Crippen molar-refractivity contribution >= 4 is 0 Å². The third-order valence-electron chi connectivity index (χ3n) is 3.29. The van der Waals surface area contributed by atoms with E-state index in [1.54, 1.807) is 25.4 Å². The smallest absolute Gasteiger partial charge is 0.217 e. The molecular formula is C16H20N2O2. The van der Waals surface area contributed by atoms with E-state index in [1.807, 2.05) is 24.3 Å². The normalized spacial score (nSPS) is 12.1. The molecule has 1 aromatic heterocycles. The molecule has 0 saturated carbocycles. The predicted molar refractivity (Wildman–Crippen MR) is 78.8 cm³/mol. The molecule has 0 radical (unpaired) electrons. The summed E-state index contributed by atoms with van der Waals surface area (Å²) in [7, 11) is 1.63. The van der Waals surface area contributed by atoms with Crippen LogP contribution in [0.1, 0.15) is 30.5 Å². The van der Waals surface area contributed by atoms with Crippen LogP contribution in [-0.2, 0) is 6.54 Å². The van der Waals surface area contributed by atoms with Gasteiger partial charge in [-0.1, -0.05) is 25.1 Å². The molecule has 1 unspecified atom stereocenters. The first-order chi connectivity index (χ1) is 9.74. The Bertz CT molecular complexity index is 540. The van der Waals surface area contributed by atoms with Crippen LogP contribution in [0.25, 0.3) is 0 Å². The third kappa shape index (κ3) is 3.48. The van der Waals surface area contributed by atoms with Gasteiger partial charge in [0.2, 0.25) is 5.88 Å². The number of methoxy groups -OCH3 is 1. The van der Waals surface area contributed by atoms with Crippen LogP contribution in [0.3, 0.4) is 0 Å². The summed E-state index contributed by atoms with van der Waals surface area (Å²) in [6, 6.07) is 11.5. The van der Waals surface area contributed by atoms with Gasteiger partial charge >= 0.3 is 0 Å². The van der Waals surface area contributed by atoms with Crippen LogP contribution >= 0.6 is 0 Å². The highest BCUT2D eigenvalue weighted by Crippen LogP contribution is 2.21. The van der Waals surface area contributed by atoms with E-state index in [2.05, 4.69) is 17.2 Å². The molecule has 0 fully saturated rings. The van der Waals surface area contributed by atoms with Crippen LogP contribution in [0.15, 0.2) is 42.6 Å². The monoisotopic (exact) mass is 272 g/mol. The molecule has 0 saturated heterocycles. The average molecular weight is 272 g/mol. The first-order valence-corrected chi connectivity index (χ1v) is 6.74. The third-order valence-corrected chi connectivity index (χ3v) is 3.29. The van der Waals surface area contributed by atoms with Gasteiger partial charge in [-0.05, 0) is 30.2 Å². The van der Waals surface area contributed by atoms with Crippen molar-refractivity contribution in [2.45, 2.75) is 25.9 Å². The van der Waals surface area contributed by atoms with Gasteiger partial charge in [-0.3, -0.25) is 0 Å². The zero-order chi connectivity index (χ0) is 14.4. The second-order valence-corrected chi connectivity index (χ2v) is 4.61. The second-order valence-electron chi connectivity index (χ2n) is 4.61. The van der Waals surface area contributed by atoms with Crippen LogP contribution in [-0.4, -0.2) is 17.2 Å². The first-order valence-electron chi connectivity index (χ1n) is 6.74. The molecule has 2 N–H and O–H groups in total. The van der Waals surface area contributed by atoms with Crippen LogP contribution in [0.2, 0.25) is 0 Å². The minimum absolute atomic E-state index is 0.237. The zero-order valence-electron chi connectivity index (χ0n) is 11.8. The van der Waals surface area contributed by atoms with Crippen molar-refractivity contribution < 1.29 is 9.84 Å². The SMILES string of the molecule is CCC(NCc1cccnc1OC)c1ccc(O)cc1. The lowest BCUT2D eigenvalue weighted by atomic mass is 10.0. The van der Waals surface area contributed by atoms with Gasteiger partial charge in [0.15, 0.2) is 0 Å². The van der Waals surface area contributed by atoms with Crippen molar-refractivity contribution in [3.63, 3.8) is 0 Å². The van der Waals surface area contributed by atoms with Gasteiger partial charge in [0.25, 0.3) is 0 Å². The summed E-state index contributed by atoms with van der Waals surface area (Å²) in [5, 5.41) is 12.8. The van der Waals surface area contributed by atoms with Gasteiger partial charge in [-0.25, -0.2) is 4.98 Å². The van der Waals surface area contributed by atoms with Crippen LogP contribution in [0.4, 0.5) is 0 Å². The molecule has 0 aliphatic heterocycles. The summed E-state index contributed by atoms with van der Waals surface area (Å²) in [5.41, 5.74) is 2.19. The maximum absolute atomic E-state index is 9.34. The summed E-state index contributed by atoms with van der Waals surface area (Å²) in [6.45, 7) is 2.82. The van der Waals surface area contributed by atoms with Crippen molar-refractivity contribution in [1.29, 1.82) is 0 Å². The minimum atomic E-state index is 0.237. The van der Waals surface area contributed by atoms with Crippen molar-refractivity contribution in [3.8, 4) is 11.6 Å². The number of pyridine rings is 1. The minimum Gasteiger partial charge on any atom is -0.508 e. The van der Waals surface area contributed by atoms with E-state index in [0.717, 1.165) is 17.5 Å². The molecule has 1 aromatic carbocycles. The number of phenols is 1. The fraction of sp³-hybridized carbons (Fsp3) is 0.312.